The van der Waals surface area contributed by atoms with E-state index in [1.807, 2.05) is 19.0 Å². The summed E-state index contributed by atoms with van der Waals surface area (Å²) >= 11 is 1.27. The predicted molar refractivity (Wildman–Crippen MR) is 117 cm³/mol. The molecule has 30 heavy (non-hydrogen) atoms. The van der Waals surface area contributed by atoms with Crippen molar-refractivity contribution in [1.29, 1.82) is 0 Å². The minimum absolute atomic E-state index is 0.0136. The Kier molecular flexibility index (Phi) is 6.86. The summed E-state index contributed by atoms with van der Waals surface area (Å²) in [5.41, 5.74) is 0.903. The van der Waals surface area contributed by atoms with Gasteiger partial charge in [0.2, 0.25) is 0 Å². The summed E-state index contributed by atoms with van der Waals surface area (Å²) < 4.78 is 14.7. The van der Waals surface area contributed by atoms with Crippen molar-refractivity contribution in [3.63, 3.8) is 0 Å². The molecule has 0 saturated carbocycles. The van der Waals surface area contributed by atoms with E-state index in [4.69, 9.17) is 0 Å². The zero-order valence-corrected chi connectivity index (χ0v) is 17.4. The number of nitro groups is 1. The Balaban J connectivity index is 1.83. The van der Waals surface area contributed by atoms with Crippen LogP contribution in [0.4, 0.5) is 15.2 Å². The van der Waals surface area contributed by atoms with Crippen LogP contribution in [0, 0.1) is 15.9 Å². The van der Waals surface area contributed by atoms with Gasteiger partial charge in [-0.2, -0.15) is 0 Å². The summed E-state index contributed by atoms with van der Waals surface area (Å²) in [5, 5.41) is 11.2. The summed E-state index contributed by atoms with van der Waals surface area (Å²) in [5.74, 6) is -0.705. The van der Waals surface area contributed by atoms with E-state index in [0.717, 1.165) is 13.0 Å². The molecule has 1 heterocycles. The van der Waals surface area contributed by atoms with Gasteiger partial charge in [-0.15, -0.1) is 0 Å². The van der Waals surface area contributed by atoms with E-state index < -0.39 is 10.7 Å². The zero-order chi connectivity index (χ0) is 21.7. The molecule has 0 spiro atoms. The molecule has 0 N–H and O–H groups in total. The largest absolute Gasteiger partial charge is 0.309 e. The molecule has 7 nitrogen and oxygen atoms in total. The van der Waals surface area contributed by atoms with Crippen molar-refractivity contribution >= 4 is 44.4 Å². The number of hydrogen-bond acceptors (Lipinski definition) is 6. The van der Waals surface area contributed by atoms with Crippen LogP contribution in [0.15, 0.2) is 48.5 Å². The number of non-ortho nitro benzene ring substituents is 1. The fourth-order valence-corrected chi connectivity index (χ4v) is 3.84. The zero-order valence-electron chi connectivity index (χ0n) is 16.6. The molecule has 0 unspecified atom stereocenters. The highest BCUT2D eigenvalue weighted by Crippen LogP contribution is 2.30. The van der Waals surface area contributed by atoms with E-state index in [2.05, 4.69) is 4.98 Å². The number of amides is 1. The highest BCUT2D eigenvalue weighted by atomic mass is 32.1. The monoisotopic (exact) mass is 428 g/mol. The van der Waals surface area contributed by atoms with E-state index >= 15 is 0 Å². The lowest BCUT2D eigenvalue weighted by molar-refractivity contribution is -0.384. The van der Waals surface area contributed by atoms with Crippen LogP contribution in [0.3, 0.4) is 0 Å². The van der Waals surface area contributed by atoms with E-state index in [9.17, 15) is 19.3 Å². The maximum Gasteiger partial charge on any atom is 0.269 e. The Morgan fingerprint density at radius 1 is 1.20 bits per heavy atom. The molecule has 0 radical (unpaired) electrons. The summed E-state index contributed by atoms with van der Waals surface area (Å²) in [7, 11) is 3.90. The van der Waals surface area contributed by atoms with Crippen LogP contribution in [0.1, 0.15) is 12.0 Å². The van der Waals surface area contributed by atoms with Crippen molar-refractivity contribution in [2.45, 2.75) is 6.42 Å². The van der Waals surface area contributed by atoms with Crippen LogP contribution in [0.25, 0.3) is 16.3 Å². The first-order chi connectivity index (χ1) is 14.3. The quantitative estimate of drug-likeness (QED) is 0.303. The van der Waals surface area contributed by atoms with Gasteiger partial charge in [0, 0.05) is 24.8 Å². The SMILES string of the molecule is CN(C)CCCN(C(=O)C=Cc1ccc([N+](=O)[O-])cc1)c1nc2c(F)cccc2s1. The van der Waals surface area contributed by atoms with Gasteiger partial charge in [-0.25, -0.2) is 9.37 Å². The Bertz CT molecular complexity index is 1080. The number of para-hydroxylation sites is 1. The number of aromatic nitrogens is 1. The maximum atomic E-state index is 14.1. The lowest BCUT2D eigenvalue weighted by Crippen LogP contribution is -2.32. The number of benzene rings is 2. The lowest BCUT2D eigenvalue weighted by atomic mass is 10.2. The standard InChI is InChI=1S/C21H21FN4O3S/c1-24(2)13-4-14-25(21-23-20-17(22)5-3-6-18(20)30-21)19(27)12-9-15-7-10-16(11-8-15)26(28)29/h3,5-12H,4,13-14H2,1-2H3. The van der Waals surface area contributed by atoms with Gasteiger partial charge in [-0.3, -0.25) is 19.8 Å². The second-order valence-electron chi connectivity index (χ2n) is 6.91. The van der Waals surface area contributed by atoms with E-state index in [1.54, 1.807) is 30.3 Å². The Labute approximate surface area is 177 Å². The van der Waals surface area contributed by atoms with Gasteiger partial charge < -0.3 is 4.90 Å². The summed E-state index contributed by atoms with van der Waals surface area (Å²) in [6.45, 7) is 1.22. The Morgan fingerprint density at radius 2 is 1.93 bits per heavy atom. The number of thiazole rings is 1. The molecule has 0 bridgehead atoms. The van der Waals surface area contributed by atoms with Crippen LogP contribution in [0.2, 0.25) is 0 Å². The third kappa shape index (κ3) is 5.25. The highest BCUT2D eigenvalue weighted by Gasteiger charge is 2.19. The van der Waals surface area contributed by atoms with Crippen molar-refractivity contribution in [2.75, 3.05) is 32.1 Å². The van der Waals surface area contributed by atoms with Gasteiger partial charge in [0.15, 0.2) is 5.13 Å². The van der Waals surface area contributed by atoms with Crippen molar-refractivity contribution in [3.05, 3.63) is 70.0 Å². The molecular weight excluding hydrogens is 407 g/mol. The molecule has 0 aliphatic carbocycles. The van der Waals surface area contributed by atoms with Gasteiger partial charge in [-0.05, 0) is 63.0 Å². The first kappa shape index (κ1) is 21.5. The molecule has 1 aromatic heterocycles. The minimum Gasteiger partial charge on any atom is -0.309 e. The third-order valence-corrected chi connectivity index (χ3v) is 5.41. The number of carbonyl (C=O) groups excluding carboxylic acids is 1. The molecule has 9 heteroatoms. The summed E-state index contributed by atoms with van der Waals surface area (Å²) in [4.78, 5) is 31.1. The molecule has 2 aromatic carbocycles. The first-order valence-electron chi connectivity index (χ1n) is 9.29. The van der Waals surface area contributed by atoms with Crippen LogP contribution in [-0.4, -0.2) is 47.9 Å². The van der Waals surface area contributed by atoms with Crippen LogP contribution >= 0.6 is 11.3 Å². The number of fused-ring (bicyclic) bond motifs is 1. The number of nitrogens with zero attached hydrogens (tertiary/aromatic N) is 4. The number of rotatable bonds is 8. The molecule has 1 amide bonds. The highest BCUT2D eigenvalue weighted by molar-refractivity contribution is 7.22. The lowest BCUT2D eigenvalue weighted by Gasteiger charge is -2.19. The second kappa shape index (κ2) is 9.55. The van der Waals surface area contributed by atoms with Gasteiger partial charge in [0.05, 0.1) is 9.62 Å². The topological polar surface area (TPSA) is 79.6 Å². The molecular formula is C21H21FN4O3S. The number of hydrogen-bond donors (Lipinski definition) is 0. The summed E-state index contributed by atoms with van der Waals surface area (Å²) in [6.07, 6.45) is 3.72. The minimum atomic E-state index is -0.475. The van der Waals surface area contributed by atoms with Crippen LogP contribution < -0.4 is 4.90 Å². The van der Waals surface area contributed by atoms with Crippen LogP contribution in [0.5, 0.6) is 0 Å². The van der Waals surface area contributed by atoms with Crippen molar-refractivity contribution in [3.8, 4) is 0 Å². The van der Waals surface area contributed by atoms with E-state index in [0.29, 0.717) is 21.9 Å². The number of halogens is 1. The van der Waals surface area contributed by atoms with Crippen molar-refractivity contribution in [2.24, 2.45) is 0 Å². The normalized spacial score (nSPS) is 11.5. The number of carbonyl (C=O) groups is 1. The molecule has 0 aliphatic rings. The average Bonchev–Trinajstić information content (AvgIpc) is 3.15. The van der Waals surface area contributed by atoms with Crippen molar-refractivity contribution < 1.29 is 14.1 Å². The molecule has 0 aliphatic heterocycles. The van der Waals surface area contributed by atoms with Gasteiger partial charge in [0.25, 0.3) is 11.6 Å². The van der Waals surface area contributed by atoms with Gasteiger partial charge in [0.1, 0.15) is 11.3 Å². The molecule has 156 valence electrons. The molecule has 3 rings (SSSR count). The molecule has 0 atom stereocenters. The van der Waals surface area contributed by atoms with Crippen LogP contribution in [-0.2, 0) is 4.79 Å². The Morgan fingerprint density at radius 3 is 2.57 bits per heavy atom. The van der Waals surface area contributed by atoms with Crippen molar-refractivity contribution in [1.82, 2.24) is 9.88 Å². The Hall–Kier alpha value is -3.17. The van der Waals surface area contributed by atoms with Gasteiger partial charge >= 0.3 is 0 Å². The second-order valence-corrected chi connectivity index (χ2v) is 7.92. The fourth-order valence-electron chi connectivity index (χ4n) is 2.83. The molecule has 3 aromatic rings. The third-order valence-electron chi connectivity index (χ3n) is 4.36. The maximum absolute atomic E-state index is 14.1. The smallest absolute Gasteiger partial charge is 0.269 e. The molecule has 0 fully saturated rings. The number of nitro benzene ring substituents is 1. The first-order valence-corrected chi connectivity index (χ1v) is 10.1. The predicted octanol–water partition coefficient (Wildman–Crippen LogP) is 4.34. The van der Waals surface area contributed by atoms with E-state index in [-0.39, 0.29) is 17.1 Å². The van der Waals surface area contributed by atoms with E-state index in [1.165, 1.54) is 40.5 Å². The average molecular weight is 428 g/mol. The fraction of sp³-hybridized carbons (Fsp3) is 0.238. The number of anilines is 1. The molecule has 0 saturated heterocycles. The van der Waals surface area contributed by atoms with Gasteiger partial charge in [-0.1, -0.05) is 17.4 Å². The summed E-state index contributed by atoms with van der Waals surface area (Å²) in [6, 6.07) is 10.7.